The highest BCUT2D eigenvalue weighted by Gasteiger charge is 2.42. The molecule has 0 saturated carbocycles. The van der Waals surface area contributed by atoms with Crippen LogP contribution in [0.3, 0.4) is 0 Å². The standard InChI is InChI=1S/C7H10ClN3O3/c8-7(2-1-3-14-4-7)5(6(12)13)10-11-9/h5H,1-4H2,(H,12,13)/t5-,7?/m0/s1. The van der Waals surface area contributed by atoms with E-state index in [9.17, 15) is 4.79 Å². The number of carboxylic acids is 1. The molecule has 14 heavy (non-hydrogen) atoms. The molecule has 0 spiro atoms. The molecule has 1 saturated heterocycles. The van der Waals surface area contributed by atoms with Gasteiger partial charge in [-0.25, -0.2) is 0 Å². The van der Waals surface area contributed by atoms with Crippen LogP contribution in [0.1, 0.15) is 12.8 Å². The van der Waals surface area contributed by atoms with Crippen LogP contribution in [0.25, 0.3) is 10.4 Å². The van der Waals surface area contributed by atoms with Gasteiger partial charge in [-0.05, 0) is 18.4 Å². The quantitative estimate of drug-likeness (QED) is 0.337. The second-order valence-electron chi connectivity index (χ2n) is 3.14. The minimum absolute atomic E-state index is 0.102. The Hall–Kier alpha value is -0.970. The van der Waals surface area contributed by atoms with E-state index < -0.39 is 16.9 Å². The van der Waals surface area contributed by atoms with E-state index in [1.54, 1.807) is 0 Å². The second-order valence-corrected chi connectivity index (χ2v) is 3.89. The summed E-state index contributed by atoms with van der Waals surface area (Å²) in [5.74, 6) is -1.22. The molecule has 1 aliphatic heterocycles. The summed E-state index contributed by atoms with van der Waals surface area (Å²) in [5, 5.41) is 12.0. The molecule has 1 heterocycles. The minimum Gasteiger partial charge on any atom is -0.481 e. The van der Waals surface area contributed by atoms with Crippen LogP contribution in [0, 0.1) is 0 Å². The summed E-state index contributed by atoms with van der Waals surface area (Å²) in [6.07, 6.45) is 1.15. The zero-order valence-electron chi connectivity index (χ0n) is 7.39. The summed E-state index contributed by atoms with van der Waals surface area (Å²) < 4.78 is 5.08. The van der Waals surface area contributed by atoms with Crippen molar-refractivity contribution >= 4 is 17.6 Å². The fourth-order valence-electron chi connectivity index (χ4n) is 1.42. The molecular weight excluding hydrogens is 210 g/mol. The van der Waals surface area contributed by atoms with Crippen LogP contribution in [0.2, 0.25) is 0 Å². The van der Waals surface area contributed by atoms with Crippen LogP contribution in [0.4, 0.5) is 0 Å². The number of ether oxygens (including phenoxy) is 1. The summed E-state index contributed by atoms with van der Waals surface area (Å²) in [7, 11) is 0. The molecule has 0 aromatic rings. The largest absolute Gasteiger partial charge is 0.481 e. The predicted octanol–water partition coefficient (Wildman–Crippen LogP) is 1.54. The highest BCUT2D eigenvalue weighted by Crippen LogP contribution is 2.32. The Bertz CT molecular complexity index is 269. The van der Waals surface area contributed by atoms with E-state index in [1.165, 1.54) is 0 Å². The van der Waals surface area contributed by atoms with Gasteiger partial charge in [-0.3, -0.25) is 4.79 Å². The molecule has 0 aromatic heterocycles. The molecule has 0 aromatic carbocycles. The molecule has 1 aliphatic rings. The summed E-state index contributed by atoms with van der Waals surface area (Å²) in [5.41, 5.74) is 8.23. The number of nitrogens with zero attached hydrogens (tertiary/aromatic N) is 3. The first-order valence-electron chi connectivity index (χ1n) is 4.14. The summed E-state index contributed by atoms with van der Waals surface area (Å²) >= 11 is 6.04. The lowest BCUT2D eigenvalue weighted by atomic mass is 9.93. The highest BCUT2D eigenvalue weighted by atomic mass is 35.5. The van der Waals surface area contributed by atoms with Crippen molar-refractivity contribution < 1.29 is 14.6 Å². The number of rotatable bonds is 3. The van der Waals surface area contributed by atoms with Crippen molar-refractivity contribution in [2.45, 2.75) is 23.8 Å². The first-order valence-corrected chi connectivity index (χ1v) is 4.51. The zero-order valence-corrected chi connectivity index (χ0v) is 8.15. The van der Waals surface area contributed by atoms with Crippen LogP contribution in [0.15, 0.2) is 5.11 Å². The first kappa shape index (κ1) is 11.1. The zero-order chi connectivity index (χ0) is 10.6. The van der Waals surface area contributed by atoms with Crippen LogP contribution >= 0.6 is 11.6 Å². The molecule has 1 N–H and O–H groups in total. The van der Waals surface area contributed by atoms with Gasteiger partial charge in [0.25, 0.3) is 0 Å². The first-order chi connectivity index (χ1) is 6.60. The molecular formula is C7H10ClN3O3. The Kier molecular flexibility index (Phi) is 3.57. The molecule has 1 fully saturated rings. The van der Waals surface area contributed by atoms with Gasteiger partial charge in [-0.1, -0.05) is 5.11 Å². The lowest BCUT2D eigenvalue weighted by Gasteiger charge is -2.33. The maximum Gasteiger partial charge on any atom is 0.314 e. The predicted molar refractivity (Wildman–Crippen MR) is 49.2 cm³/mol. The van der Waals surface area contributed by atoms with Gasteiger partial charge >= 0.3 is 5.97 Å². The third kappa shape index (κ3) is 2.29. The summed E-state index contributed by atoms with van der Waals surface area (Å²) in [4.78, 5) is 12.2. The van der Waals surface area contributed by atoms with Crippen molar-refractivity contribution in [3.8, 4) is 0 Å². The van der Waals surface area contributed by atoms with Crippen molar-refractivity contribution in [2.24, 2.45) is 5.11 Å². The number of carboxylic acid groups (broad SMARTS) is 1. The maximum absolute atomic E-state index is 10.8. The number of azide groups is 1. The molecule has 0 bridgehead atoms. The van der Waals surface area contributed by atoms with Crippen molar-refractivity contribution in [1.29, 1.82) is 0 Å². The maximum atomic E-state index is 10.8. The smallest absolute Gasteiger partial charge is 0.314 e. The van der Waals surface area contributed by atoms with Gasteiger partial charge in [0.2, 0.25) is 0 Å². The van der Waals surface area contributed by atoms with Crippen molar-refractivity contribution in [3.05, 3.63) is 10.4 Å². The molecule has 6 nitrogen and oxygen atoms in total. The van der Waals surface area contributed by atoms with Crippen LogP contribution in [-0.4, -0.2) is 35.2 Å². The average molecular weight is 220 g/mol. The number of aliphatic carboxylic acids is 1. The van der Waals surface area contributed by atoms with Gasteiger partial charge < -0.3 is 9.84 Å². The van der Waals surface area contributed by atoms with E-state index >= 15 is 0 Å². The topological polar surface area (TPSA) is 95.3 Å². The van der Waals surface area contributed by atoms with E-state index in [-0.39, 0.29) is 6.61 Å². The van der Waals surface area contributed by atoms with E-state index in [0.717, 1.165) is 0 Å². The Balaban J connectivity index is 2.84. The third-order valence-electron chi connectivity index (χ3n) is 2.11. The summed E-state index contributed by atoms with van der Waals surface area (Å²) in [6.45, 7) is 0.668. The van der Waals surface area contributed by atoms with Crippen LogP contribution in [-0.2, 0) is 9.53 Å². The van der Waals surface area contributed by atoms with Gasteiger partial charge in [-0.2, -0.15) is 0 Å². The van der Waals surface area contributed by atoms with Crippen molar-refractivity contribution in [3.63, 3.8) is 0 Å². The SMILES string of the molecule is [N-]=[N+]=N[C@@H](C(=O)O)C1(Cl)CCCOC1. The summed E-state index contributed by atoms with van der Waals surface area (Å²) in [6, 6.07) is -1.27. The Morgan fingerprint density at radius 1 is 1.79 bits per heavy atom. The number of halogens is 1. The second kappa shape index (κ2) is 4.50. The Morgan fingerprint density at radius 2 is 2.50 bits per heavy atom. The average Bonchev–Trinajstić information content (AvgIpc) is 2.14. The fraction of sp³-hybridized carbons (Fsp3) is 0.857. The van der Waals surface area contributed by atoms with Gasteiger partial charge in [-0.15, -0.1) is 11.6 Å². The number of hydrogen-bond donors (Lipinski definition) is 1. The van der Waals surface area contributed by atoms with E-state index in [4.69, 9.17) is 27.0 Å². The monoisotopic (exact) mass is 219 g/mol. The van der Waals surface area contributed by atoms with Crippen LogP contribution in [0.5, 0.6) is 0 Å². The third-order valence-corrected chi connectivity index (χ3v) is 2.62. The number of hydrogen-bond acceptors (Lipinski definition) is 3. The molecule has 0 radical (unpaired) electrons. The number of carbonyl (C=O) groups is 1. The van der Waals surface area contributed by atoms with E-state index in [2.05, 4.69) is 10.0 Å². The van der Waals surface area contributed by atoms with E-state index in [0.29, 0.717) is 19.4 Å². The molecule has 1 rings (SSSR count). The van der Waals surface area contributed by atoms with E-state index in [1.807, 2.05) is 0 Å². The van der Waals surface area contributed by atoms with Gasteiger partial charge in [0.1, 0.15) is 0 Å². The van der Waals surface area contributed by atoms with Gasteiger partial charge in [0.15, 0.2) is 6.04 Å². The lowest BCUT2D eigenvalue weighted by molar-refractivity contribution is -0.140. The molecule has 0 amide bonds. The van der Waals surface area contributed by atoms with Gasteiger partial charge in [0.05, 0.1) is 11.5 Å². The van der Waals surface area contributed by atoms with Crippen molar-refractivity contribution in [1.82, 2.24) is 0 Å². The molecule has 2 atom stereocenters. The molecule has 78 valence electrons. The Labute approximate surface area is 85.4 Å². The minimum atomic E-state index is -1.27. The molecule has 0 aliphatic carbocycles. The normalized spacial score (nSPS) is 28.9. The fourth-order valence-corrected chi connectivity index (χ4v) is 1.77. The highest BCUT2D eigenvalue weighted by molar-refractivity contribution is 6.26. The Morgan fingerprint density at radius 3 is 2.93 bits per heavy atom. The van der Waals surface area contributed by atoms with Gasteiger partial charge in [0, 0.05) is 11.5 Å². The molecule has 7 heteroatoms. The number of alkyl halides is 1. The molecule has 1 unspecified atom stereocenters. The lowest BCUT2D eigenvalue weighted by Crippen LogP contribution is -2.47. The van der Waals surface area contributed by atoms with Crippen LogP contribution < -0.4 is 0 Å². The van der Waals surface area contributed by atoms with Crippen molar-refractivity contribution in [2.75, 3.05) is 13.2 Å².